The van der Waals surface area contributed by atoms with Crippen LogP contribution in [0.15, 0.2) is 42.0 Å². The number of hydrogen-bond donors (Lipinski definition) is 1. The molecule has 2 N–H and O–H groups in total. The molecule has 0 bridgehead atoms. The Balaban J connectivity index is 2.24. The molecule has 0 saturated heterocycles. The normalized spacial score (nSPS) is 19.1. The van der Waals surface area contributed by atoms with Crippen molar-refractivity contribution in [3.63, 3.8) is 0 Å². The molecule has 17 heavy (non-hydrogen) atoms. The fourth-order valence-electron chi connectivity index (χ4n) is 1.57. The van der Waals surface area contributed by atoms with Gasteiger partial charge in [0, 0.05) is 12.5 Å². The molecule has 0 aromatic heterocycles. The molecule has 1 unspecified atom stereocenters. The zero-order valence-corrected chi connectivity index (χ0v) is 9.17. The average molecular weight is 233 g/mol. The van der Waals surface area contributed by atoms with Gasteiger partial charge in [-0.3, -0.25) is 9.59 Å². The highest BCUT2D eigenvalue weighted by molar-refractivity contribution is 6.01. The third-order valence-corrected chi connectivity index (χ3v) is 2.28. The molecule has 1 aromatic carbocycles. The Morgan fingerprint density at radius 3 is 2.59 bits per heavy atom. The minimum absolute atomic E-state index is 0.154. The van der Waals surface area contributed by atoms with Gasteiger partial charge in [-0.2, -0.15) is 0 Å². The number of benzene rings is 1. The second-order valence-corrected chi connectivity index (χ2v) is 3.56. The zero-order chi connectivity index (χ0) is 12.4. The van der Waals surface area contributed by atoms with Crippen LogP contribution in [0.5, 0.6) is 0 Å². The van der Waals surface area contributed by atoms with Crippen LogP contribution >= 0.6 is 0 Å². The van der Waals surface area contributed by atoms with Crippen LogP contribution < -0.4 is 5.73 Å². The molecule has 0 radical (unpaired) electrons. The van der Waals surface area contributed by atoms with Crippen molar-refractivity contribution in [2.24, 2.45) is 5.73 Å². The van der Waals surface area contributed by atoms with Crippen LogP contribution in [-0.2, 0) is 19.1 Å². The lowest BCUT2D eigenvalue weighted by atomic mass is 10.1. The van der Waals surface area contributed by atoms with Crippen molar-refractivity contribution >= 4 is 11.8 Å². The molecule has 0 spiro atoms. The smallest absolute Gasteiger partial charge is 0.308 e. The van der Waals surface area contributed by atoms with E-state index in [1.54, 1.807) is 24.3 Å². The van der Waals surface area contributed by atoms with Crippen LogP contribution in [0, 0.1) is 0 Å². The van der Waals surface area contributed by atoms with E-state index in [1.807, 2.05) is 6.07 Å². The molecule has 0 aliphatic carbocycles. The summed E-state index contributed by atoms with van der Waals surface area (Å²) in [7, 11) is 0. The van der Waals surface area contributed by atoms with E-state index < -0.39 is 17.9 Å². The predicted molar refractivity (Wildman–Crippen MR) is 58.3 cm³/mol. The summed E-state index contributed by atoms with van der Waals surface area (Å²) in [5.41, 5.74) is 6.17. The molecule has 1 aliphatic heterocycles. The molecule has 5 nitrogen and oxygen atoms in total. The Morgan fingerprint density at radius 1 is 1.35 bits per heavy atom. The SMILES string of the molecule is CC(=O)OC1=C(N)OC(c2ccccc2)C1=O. The number of carbonyl (C=O) groups excluding carboxylic acids is 2. The maximum Gasteiger partial charge on any atom is 0.308 e. The Morgan fingerprint density at radius 2 is 2.00 bits per heavy atom. The molecule has 0 saturated carbocycles. The van der Waals surface area contributed by atoms with Gasteiger partial charge >= 0.3 is 5.97 Å². The van der Waals surface area contributed by atoms with Crippen LogP contribution in [0.3, 0.4) is 0 Å². The number of hydrogen-bond acceptors (Lipinski definition) is 5. The van der Waals surface area contributed by atoms with Crippen LogP contribution in [0.2, 0.25) is 0 Å². The highest BCUT2D eigenvalue weighted by Crippen LogP contribution is 2.31. The van der Waals surface area contributed by atoms with Gasteiger partial charge in [0.1, 0.15) is 0 Å². The number of carbonyl (C=O) groups is 2. The molecule has 5 heteroatoms. The highest BCUT2D eigenvalue weighted by Gasteiger charge is 2.37. The maximum absolute atomic E-state index is 11.9. The fraction of sp³-hybridized carbons (Fsp3) is 0.167. The molecule has 1 atom stereocenters. The van der Waals surface area contributed by atoms with Crippen molar-refractivity contribution in [1.82, 2.24) is 0 Å². The molecular formula is C12H11NO4. The number of rotatable bonds is 2. The van der Waals surface area contributed by atoms with Gasteiger partial charge in [-0.05, 0) is 0 Å². The van der Waals surface area contributed by atoms with Crippen LogP contribution in [0.1, 0.15) is 18.6 Å². The zero-order valence-electron chi connectivity index (χ0n) is 9.17. The van der Waals surface area contributed by atoms with E-state index in [4.69, 9.17) is 15.2 Å². The summed E-state index contributed by atoms with van der Waals surface area (Å²) >= 11 is 0. The van der Waals surface area contributed by atoms with Crippen molar-refractivity contribution < 1.29 is 19.1 Å². The van der Waals surface area contributed by atoms with Crippen molar-refractivity contribution in [1.29, 1.82) is 0 Å². The monoisotopic (exact) mass is 233 g/mol. The van der Waals surface area contributed by atoms with Crippen molar-refractivity contribution in [3.05, 3.63) is 47.5 Å². The largest absolute Gasteiger partial charge is 0.460 e. The van der Waals surface area contributed by atoms with Gasteiger partial charge in [-0.1, -0.05) is 30.3 Å². The van der Waals surface area contributed by atoms with E-state index >= 15 is 0 Å². The topological polar surface area (TPSA) is 78.6 Å². The van der Waals surface area contributed by atoms with E-state index in [9.17, 15) is 9.59 Å². The second kappa shape index (κ2) is 4.29. The second-order valence-electron chi connectivity index (χ2n) is 3.56. The van der Waals surface area contributed by atoms with Crippen molar-refractivity contribution in [2.75, 3.05) is 0 Å². The van der Waals surface area contributed by atoms with E-state index in [0.29, 0.717) is 5.56 Å². The summed E-state index contributed by atoms with van der Waals surface area (Å²) in [5.74, 6) is -1.41. The molecular weight excluding hydrogens is 222 g/mol. The van der Waals surface area contributed by atoms with Gasteiger partial charge in [0.15, 0.2) is 6.10 Å². The van der Waals surface area contributed by atoms with Gasteiger partial charge < -0.3 is 15.2 Å². The molecule has 88 valence electrons. The Bertz CT molecular complexity index is 492. The first-order valence-corrected chi connectivity index (χ1v) is 5.03. The van der Waals surface area contributed by atoms with Gasteiger partial charge in [-0.15, -0.1) is 0 Å². The quantitative estimate of drug-likeness (QED) is 0.771. The molecule has 2 rings (SSSR count). The van der Waals surface area contributed by atoms with E-state index in [2.05, 4.69) is 0 Å². The van der Waals surface area contributed by atoms with E-state index in [-0.39, 0.29) is 11.6 Å². The van der Waals surface area contributed by atoms with Gasteiger partial charge in [-0.25, -0.2) is 0 Å². The number of esters is 1. The predicted octanol–water partition coefficient (Wildman–Crippen LogP) is 1.02. The Kier molecular flexibility index (Phi) is 2.82. The lowest BCUT2D eigenvalue weighted by Gasteiger charge is -2.08. The number of ketones is 1. The highest BCUT2D eigenvalue weighted by atomic mass is 16.6. The van der Waals surface area contributed by atoms with E-state index in [1.165, 1.54) is 6.92 Å². The first-order valence-electron chi connectivity index (χ1n) is 5.03. The van der Waals surface area contributed by atoms with Gasteiger partial charge in [0.2, 0.25) is 17.4 Å². The lowest BCUT2D eigenvalue weighted by molar-refractivity contribution is -0.140. The molecule has 0 amide bonds. The molecule has 1 aliphatic rings. The summed E-state index contributed by atoms with van der Waals surface area (Å²) in [5, 5.41) is 0. The summed E-state index contributed by atoms with van der Waals surface area (Å²) in [4.78, 5) is 22.7. The molecule has 1 aromatic rings. The van der Waals surface area contributed by atoms with Gasteiger partial charge in [0.25, 0.3) is 0 Å². The minimum atomic E-state index is -0.828. The molecule has 0 fully saturated rings. The van der Waals surface area contributed by atoms with Crippen molar-refractivity contribution in [3.8, 4) is 0 Å². The number of nitrogens with two attached hydrogens (primary N) is 1. The number of ether oxygens (including phenoxy) is 2. The van der Waals surface area contributed by atoms with Crippen molar-refractivity contribution in [2.45, 2.75) is 13.0 Å². The maximum atomic E-state index is 11.9. The Labute approximate surface area is 97.8 Å². The lowest BCUT2D eigenvalue weighted by Crippen LogP contribution is -2.13. The standard InChI is InChI=1S/C12H11NO4/c1-7(14)16-11-9(15)10(17-12(11)13)8-5-3-2-4-6-8/h2-6,10H,13H2,1H3. The number of Topliss-reactive ketones (excluding diaryl/α,β-unsaturated/α-hetero) is 1. The fourth-order valence-corrected chi connectivity index (χ4v) is 1.57. The Hall–Kier alpha value is -2.30. The average Bonchev–Trinajstić information content (AvgIpc) is 2.58. The van der Waals surface area contributed by atoms with Crippen LogP contribution in [0.4, 0.5) is 0 Å². The first-order chi connectivity index (χ1) is 8.09. The summed E-state index contributed by atoms with van der Waals surface area (Å²) in [6.07, 6.45) is -0.828. The third-order valence-electron chi connectivity index (χ3n) is 2.28. The van der Waals surface area contributed by atoms with Crippen LogP contribution in [0.25, 0.3) is 0 Å². The summed E-state index contributed by atoms with van der Waals surface area (Å²) in [6, 6.07) is 8.88. The van der Waals surface area contributed by atoms with E-state index in [0.717, 1.165) is 0 Å². The van der Waals surface area contributed by atoms with Gasteiger partial charge in [0.05, 0.1) is 0 Å². The summed E-state index contributed by atoms with van der Waals surface area (Å²) in [6.45, 7) is 1.20. The third kappa shape index (κ3) is 2.13. The molecule has 1 heterocycles. The van der Waals surface area contributed by atoms with Crippen LogP contribution in [-0.4, -0.2) is 11.8 Å². The first kappa shape index (κ1) is 11.2. The summed E-state index contributed by atoms with van der Waals surface area (Å²) < 4.78 is 9.93. The minimum Gasteiger partial charge on any atom is -0.460 e.